The number of morpholine rings is 1. The van der Waals surface area contributed by atoms with Gasteiger partial charge < -0.3 is 15.0 Å². The van der Waals surface area contributed by atoms with Crippen molar-refractivity contribution in [2.45, 2.75) is 38.5 Å². The molecule has 0 spiro atoms. The van der Waals surface area contributed by atoms with Gasteiger partial charge in [0.15, 0.2) is 0 Å². The summed E-state index contributed by atoms with van der Waals surface area (Å²) >= 11 is 0. The highest BCUT2D eigenvalue weighted by molar-refractivity contribution is 5.94. The maximum Gasteiger partial charge on any atom is 0.254 e. The first-order valence-corrected chi connectivity index (χ1v) is 11.4. The molecule has 1 aliphatic heterocycles. The topological polar surface area (TPSA) is 58.6 Å². The third-order valence-electron chi connectivity index (χ3n) is 5.90. The summed E-state index contributed by atoms with van der Waals surface area (Å²) in [6.07, 6.45) is 0.0729. The standard InChI is InChI=1S/C28H30N2O3/c1-20-18-30(19-21(2)33-20)28(32)25-15-13-22(14-16-25)17-29-27(31)26(23-9-5-3-6-10-23)24-11-7-4-8-12-24/h3-16,20-21,26H,17-19H2,1-2H3,(H,29,31). The van der Waals surface area contributed by atoms with E-state index < -0.39 is 0 Å². The second kappa shape index (κ2) is 10.5. The molecular weight excluding hydrogens is 412 g/mol. The molecule has 1 saturated heterocycles. The van der Waals surface area contributed by atoms with E-state index >= 15 is 0 Å². The Labute approximate surface area is 195 Å². The van der Waals surface area contributed by atoms with E-state index in [1.54, 1.807) is 0 Å². The molecule has 33 heavy (non-hydrogen) atoms. The Bertz CT molecular complexity index is 1020. The van der Waals surface area contributed by atoms with Gasteiger partial charge in [0.1, 0.15) is 0 Å². The summed E-state index contributed by atoms with van der Waals surface area (Å²) in [6, 6.07) is 27.1. The van der Waals surface area contributed by atoms with E-state index in [1.165, 1.54) is 0 Å². The predicted molar refractivity (Wildman–Crippen MR) is 129 cm³/mol. The molecule has 0 bridgehead atoms. The molecule has 2 atom stereocenters. The maximum absolute atomic E-state index is 13.2. The van der Waals surface area contributed by atoms with Crippen LogP contribution in [0, 0.1) is 0 Å². The lowest BCUT2D eigenvalue weighted by Crippen LogP contribution is -2.48. The number of rotatable bonds is 6. The third-order valence-corrected chi connectivity index (χ3v) is 5.90. The highest BCUT2D eigenvalue weighted by atomic mass is 16.5. The molecule has 5 heteroatoms. The lowest BCUT2D eigenvalue weighted by atomic mass is 9.90. The van der Waals surface area contributed by atoms with Crippen LogP contribution in [0.2, 0.25) is 0 Å². The van der Waals surface area contributed by atoms with Crippen LogP contribution >= 0.6 is 0 Å². The molecule has 0 aliphatic carbocycles. The number of nitrogens with zero attached hydrogens (tertiary/aromatic N) is 1. The number of carbonyl (C=O) groups is 2. The van der Waals surface area contributed by atoms with Crippen molar-refractivity contribution in [3.63, 3.8) is 0 Å². The largest absolute Gasteiger partial charge is 0.372 e. The van der Waals surface area contributed by atoms with Gasteiger partial charge >= 0.3 is 0 Å². The van der Waals surface area contributed by atoms with Crippen molar-refractivity contribution < 1.29 is 14.3 Å². The molecule has 3 aromatic carbocycles. The average molecular weight is 443 g/mol. The molecule has 0 aromatic heterocycles. The number of carbonyl (C=O) groups excluding carboxylic acids is 2. The highest BCUT2D eigenvalue weighted by Crippen LogP contribution is 2.25. The van der Waals surface area contributed by atoms with E-state index in [1.807, 2.05) is 104 Å². The van der Waals surface area contributed by atoms with Gasteiger partial charge in [0.05, 0.1) is 18.1 Å². The van der Waals surface area contributed by atoms with Crippen LogP contribution in [-0.2, 0) is 16.1 Å². The Hall–Kier alpha value is -3.44. The van der Waals surface area contributed by atoms with Crippen LogP contribution in [0.5, 0.6) is 0 Å². The number of benzene rings is 3. The van der Waals surface area contributed by atoms with Crippen molar-refractivity contribution in [3.8, 4) is 0 Å². The van der Waals surface area contributed by atoms with E-state index in [0.717, 1.165) is 16.7 Å². The zero-order valence-corrected chi connectivity index (χ0v) is 19.1. The summed E-state index contributed by atoms with van der Waals surface area (Å²) < 4.78 is 5.72. The first-order chi connectivity index (χ1) is 16.0. The number of nitrogens with one attached hydrogen (secondary N) is 1. The molecule has 0 saturated carbocycles. The molecular formula is C28H30N2O3. The van der Waals surface area contributed by atoms with Crippen molar-refractivity contribution in [1.82, 2.24) is 10.2 Å². The van der Waals surface area contributed by atoms with Gasteiger partial charge in [-0.2, -0.15) is 0 Å². The van der Waals surface area contributed by atoms with Crippen LogP contribution in [0.4, 0.5) is 0 Å². The first kappa shape index (κ1) is 22.7. The monoisotopic (exact) mass is 442 g/mol. The Morgan fingerprint density at radius 2 is 1.36 bits per heavy atom. The number of hydrogen-bond donors (Lipinski definition) is 1. The minimum atomic E-state index is -0.376. The molecule has 5 nitrogen and oxygen atoms in total. The molecule has 1 heterocycles. The summed E-state index contributed by atoms with van der Waals surface area (Å²) in [4.78, 5) is 27.9. The third kappa shape index (κ3) is 5.68. The molecule has 0 radical (unpaired) electrons. The number of amides is 2. The molecule has 4 rings (SSSR count). The van der Waals surface area contributed by atoms with Gasteiger partial charge in [-0.05, 0) is 42.7 Å². The van der Waals surface area contributed by atoms with Crippen LogP contribution in [0.25, 0.3) is 0 Å². The minimum absolute atomic E-state index is 0.0146. The van der Waals surface area contributed by atoms with Crippen molar-refractivity contribution in [3.05, 3.63) is 107 Å². The van der Waals surface area contributed by atoms with Gasteiger partial charge in [0.2, 0.25) is 5.91 Å². The fourth-order valence-electron chi connectivity index (χ4n) is 4.37. The summed E-state index contributed by atoms with van der Waals surface area (Å²) in [5.74, 6) is -0.414. The van der Waals surface area contributed by atoms with E-state index in [2.05, 4.69) is 5.32 Å². The van der Waals surface area contributed by atoms with Crippen LogP contribution in [0.1, 0.15) is 46.8 Å². The smallest absolute Gasteiger partial charge is 0.254 e. The van der Waals surface area contributed by atoms with Crippen LogP contribution in [0.15, 0.2) is 84.9 Å². The van der Waals surface area contributed by atoms with E-state index in [0.29, 0.717) is 25.2 Å². The zero-order chi connectivity index (χ0) is 23.2. The van der Waals surface area contributed by atoms with Crippen molar-refractivity contribution in [1.29, 1.82) is 0 Å². The lowest BCUT2D eigenvalue weighted by molar-refractivity contribution is -0.121. The van der Waals surface area contributed by atoms with Gasteiger partial charge in [-0.1, -0.05) is 72.8 Å². The van der Waals surface area contributed by atoms with Gasteiger partial charge in [0.25, 0.3) is 5.91 Å². The Kier molecular flexibility index (Phi) is 7.20. The molecule has 1 N–H and O–H groups in total. The first-order valence-electron chi connectivity index (χ1n) is 11.4. The minimum Gasteiger partial charge on any atom is -0.372 e. The van der Waals surface area contributed by atoms with Gasteiger partial charge in [-0.25, -0.2) is 0 Å². The number of hydrogen-bond acceptors (Lipinski definition) is 3. The fourth-order valence-corrected chi connectivity index (χ4v) is 4.37. The van der Waals surface area contributed by atoms with Gasteiger partial charge in [0, 0.05) is 25.2 Å². The summed E-state index contributed by atoms with van der Waals surface area (Å²) in [5, 5.41) is 3.07. The lowest BCUT2D eigenvalue weighted by Gasteiger charge is -2.35. The quantitative estimate of drug-likeness (QED) is 0.616. The van der Waals surface area contributed by atoms with Crippen molar-refractivity contribution in [2.24, 2.45) is 0 Å². The Morgan fingerprint density at radius 1 is 0.848 bits per heavy atom. The Balaban J connectivity index is 1.42. The van der Waals surface area contributed by atoms with E-state index in [4.69, 9.17) is 4.74 Å². The highest BCUT2D eigenvalue weighted by Gasteiger charge is 2.26. The van der Waals surface area contributed by atoms with Crippen molar-refractivity contribution in [2.75, 3.05) is 13.1 Å². The van der Waals surface area contributed by atoms with E-state index in [9.17, 15) is 9.59 Å². The molecule has 170 valence electrons. The van der Waals surface area contributed by atoms with Crippen LogP contribution < -0.4 is 5.32 Å². The van der Waals surface area contributed by atoms with Gasteiger partial charge in [-0.3, -0.25) is 9.59 Å². The fraction of sp³-hybridized carbons (Fsp3) is 0.286. The summed E-state index contributed by atoms with van der Waals surface area (Å²) in [5.41, 5.74) is 3.51. The normalized spacial score (nSPS) is 18.2. The number of ether oxygens (including phenoxy) is 1. The second-order valence-corrected chi connectivity index (χ2v) is 8.64. The molecule has 1 fully saturated rings. The summed E-state index contributed by atoms with van der Waals surface area (Å²) in [7, 11) is 0. The SMILES string of the molecule is CC1CN(C(=O)c2ccc(CNC(=O)C(c3ccccc3)c3ccccc3)cc2)CC(C)O1. The van der Waals surface area contributed by atoms with Crippen molar-refractivity contribution >= 4 is 11.8 Å². The van der Waals surface area contributed by atoms with Crippen LogP contribution in [-0.4, -0.2) is 42.0 Å². The Morgan fingerprint density at radius 3 is 1.88 bits per heavy atom. The predicted octanol–water partition coefficient (Wildman–Crippen LogP) is 4.38. The maximum atomic E-state index is 13.2. The molecule has 3 aromatic rings. The van der Waals surface area contributed by atoms with E-state index in [-0.39, 0.29) is 29.9 Å². The second-order valence-electron chi connectivity index (χ2n) is 8.64. The molecule has 1 aliphatic rings. The zero-order valence-electron chi connectivity index (χ0n) is 19.1. The molecule has 2 amide bonds. The molecule has 2 unspecified atom stereocenters. The van der Waals surface area contributed by atoms with Crippen LogP contribution in [0.3, 0.4) is 0 Å². The summed E-state index contributed by atoms with van der Waals surface area (Å²) in [6.45, 7) is 5.57. The average Bonchev–Trinajstić information content (AvgIpc) is 2.83. The van der Waals surface area contributed by atoms with Gasteiger partial charge in [-0.15, -0.1) is 0 Å².